The van der Waals surface area contributed by atoms with Gasteiger partial charge in [0.2, 0.25) is 11.9 Å². The molecule has 9 heteroatoms. The molecule has 0 unspecified atom stereocenters. The van der Waals surface area contributed by atoms with E-state index in [0.29, 0.717) is 30.0 Å². The molecule has 1 aliphatic rings. The third-order valence-electron chi connectivity index (χ3n) is 4.48. The summed E-state index contributed by atoms with van der Waals surface area (Å²) in [5, 5.41) is 10.8. The minimum absolute atomic E-state index is 0.00894. The average molecular weight is 398 g/mol. The van der Waals surface area contributed by atoms with Gasteiger partial charge in [-0.1, -0.05) is 18.2 Å². The molecule has 3 heterocycles. The Morgan fingerprint density at radius 3 is 2.55 bits per heavy atom. The van der Waals surface area contributed by atoms with Crippen LogP contribution < -0.4 is 10.2 Å². The molecule has 1 saturated heterocycles. The van der Waals surface area contributed by atoms with Gasteiger partial charge in [0.05, 0.1) is 18.4 Å². The third-order valence-corrected chi connectivity index (χ3v) is 4.48. The van der Waals surface area contributed by atoms with Gasteiger partial charge in [0.15, 0.2) is 5.82 Å². The SMILES string of the molecule is C[C@@H]1CN(c2nc(F)cc(Nc3cc(-c4ccccc4F)cnn3)n2)C[C@H](C)O1. The molecule has 0 bridgehead atoms. The maximum Gasteiger partial charge on any atom is 0.230 e. The van der Waals surface area contributed by atoms with E-state index in [9.17, 15) is 8.78 Å². The van der Waals surface area contributed by atoms with Crippen molar-refractivity contribution in [3.05, 3.63) is 54.4 Å². The summed E-state index contributed by atoms with van der Waals surface area (Å²) in [6, 6.07) is 9.18. The summed E-state index contributed by atoms with van der Waals surface area (Å²) in [5.41, 5.74) is 0.947. The van der Waals surface area contributed by atoms with E-state index in [2.05, 4.69) is 25.5 Å². The molecule has 0 spiro atoms. The fraction of sp³-hybridized carbons (Fsp3) is 0.300. The first-order valence-electron chi connectivity index (χ1n) is 9.27. The van der Waals surface area contributed by atoms with Crippen LogP contribution in [-0.4, -0.2) is 45.5 Å². The molecule has 3 aromatic rings. The van der Waals surface area contributed by atoms with Crippen LogP contribution in [-0.2, 0) is 4.74 Å². The topological polar surface area (TPSA) is 76.1 Å². The summed E-state index contributed by atoms with van der Waals surface area (Å²) < 4.78 is 33.9. The van der Waals surface area contributed by atoms with Gasteiger partial charge in [-0.05, 0) is 26.0 Å². The van der Waals surface area contributed by atoms with Crippen LogP contribution in [0.3, 0.4) is 0 Å². The van der Waals surface area contributed by atoms with Gasteiger partial charge in [-0.15, -0.1) is 5.10 Å². The molecule has 29 heavy (non-hydrogen) atoms. The monoisotopic (exact) mass is 398 g/mol. The second kappa shape index (κ2) is 8.04. The molecular weight excluding hydrogens is 378 g/mol. The zero-order valence-electron chi connectivity index (χ0n) is 16.0. The lowest BCUT2D eigenvalue weighted by atomic mass is 10.1. The highest BCUT2D eigenvalue weighted by Gasteiger charge is 2.25. The van der Waals surface area contributed by atoms with E-state index in [1.165, 1.54) is 18.3 Å². The average Bonchev–Trinajstić information content (AvgIpc) is 2.67. The molecule has 0 amide bonds. The zero-order valence-corrected chi connectivity index (χ0v) is 16.0. The first-order chi connectivity index (χ1) is 14.0. The summed E-state index contributed by atoms with van der Waals surface area (Å²) in [6.45, 7) is 5.03. The van der Waals surface area contributed by atoms with Crippen LogP contribution in [0.25, 0.3) is 11.1 Å². The van der Waals surface area contributed by atoms with E-state index in [-0.39, 0.29) is 29.8 Å². The van der Waals surface area contributed by atoms with Gasteiger partial charge < -0.3 is 15.0 Å². The Balaban J connectivity index is 1.59. The van der Waals surface area contributed by atoms with E-state index < -0.39 is 5.95 Å². The Hall–Kier alpha value is -3.20. The van der Waals surface area contributed by atoms with E-state index >= 15 is 0 Å². The van der Waals surface area contributed by atoms with E-state index in [1.54, 1.807) is 24.3 Å². The molecule has 1 aliphatic heterocycles. The summed E-state index contributed by atoms with van der Waals surface area (Å²) >= 11 is 0. The highest BCUT2D eigenvalue weighted by atomic mass is 19.1. The summed E-state index contributed by atoms with van der Waals surface area (Å²) in [5.74, 6) is -0.203. The maximum atomic E-state index is 14.1. The number of anilines is 3. The van der Waals surface area contributed by atoms with Crippen molar-refractivity contribution >= 4 is 17.6 Å². The van der Waals surface area contributed by atoms with Crippen LogP contribution in [0.1, 0.15) is 13.8 Å². The normalized spacial score (nSPS) is 19.2. The van der Waals surface area contributed by atoms with Gasteiger partial charge in [-0.3, -0.25) is 0 Å². The highest BCUT2D eigenvalue weighted by Crippen LogP contribution is 2.25. The minimum Gasteiger partial charge on any atom is -0.372 e. The standard InChI is InChI=1S/C20H20F2N6O/c1-12-10-28(11-13(2)29-12)20-24-17(22)8-18(26-20)25-19-7-14(9-23-27-19)15-5-3-4-6-16(15)21/h3-9,12-13H,10-11H2,1-2H3,(H,24,25,26,27)/t12-,13+. The molecule has 150 valence electrons. The number of nitrogens with one attached hydrogen (secondary N) is 1. The quantitative estimate of drug-likeness (QED) is 0.674. The molecular formula is C20H20F2N6O. The zero-order chi connectivity index (χ0) is 20.4. The fourth-order valence-electron chi connectivity index (χ4n) is 3.35. The highest BCUT2D eigenvalue weighted by molar-refractivity contribution is 5.67. The molecule has 2 atom stereocenters. The summed E-state index contributed by atoms with van der Waals surface area (Å²) in [7, 11) is 0. The van der Waals surface area contributed by atoms with Crippen LogP contribution in [0.2, 0.25) is 0 Å². The van der Waals surface area contributed by atoms with Crippen molar-refractivity contribution in [1.29, 1.82) is 0 Å². The number of hydrogen-bond acceptors (Lipinski definition) is 7. The number of hydrogen-bond donors (Lipinski definition) is 1. The van der Waals surface area contributed by atoms with Gasteiger partial charge in [-0.2, -0.15) is 19.5 Å². The molecule has 1 fully saturated rings. The van der Waals surface area contributed by atoms with Crippen molar-refractivity contribution in [2.24, 2.45) is 0 Å². The molecule has 1 N–H and O–H groups in total. The lowest BCUT2D eigenvalue weighted by molar-refractivity contribution is -0.00576. The second-order valence-corrected chi connectivity index (χ2v) is 6.97. The van der Waals surface area contributed by atoms with Gasteiger partial charge in [0, 0.05) is 30.3 Å². The fourth-order valence-corrected chi connectivity index (χ4v) is 3.35. The number of benzene rings is 1. The predicted octanol–water partition coefficient (Wildman–Crippen LogP) is 3.57. The number of nitrogens with zero attached hydrogens (tertiary/aromatic N) is 5. The summed E-state index contributed by atoms with van der Waals surface area (Å²) in [6.07, 6.45) is 1.45. The van der Waals surface area contributed by atoms with Crippen molar-refractivity contribution < 1.29 is 13.5 Å². The molecule has 4 rings (SSSR count). The van der Waals surface area contributed by atoms with Crippen molar-refractivity contribution in [2.75, 3.05) is 23.3 Å². The Bertz CT molecular complexity index is 1010. The van der Waals surface area contributed by atoms with Crippen LogP contribution in [0.5, 0.6) is 0 Å². The Morgan fingerprint density at radius 2 is 1.79 bits per heavy atom. The number of morpholine rings is 1. The molecule has 0 radical (unpaired) electrons. The van der Waals surface area contributed by atoms with Crippen LogP contribution in [0.15, 0.2) is 42.6 Å². The number of aromatic nitrogens is 4. The second-order valence-electron chi connectivity index (χ2n) is 6.97. The van der Waals surface area contributed by atoms with Gasteiger partial charge in [0.25, 0.3) is 0 Å². The number of ether oxygens (including phenoxy) is 1. The lowest BCUT2D eigenvalue weighted by Crippen LogP contribution is -2.46. The van der Waals surface area contributed by atoms with Crippen molar-refractivity contribution in [1.82, 2.24) is 20.2 Å². The molecule has 0 aliphatic carbocycles. The van der Waals surface area contributed by atoms with Gasteiger partial charge >= 0.3 is 0 Å². The number of rotatable bonds is 4. The Labute approximate surface area is 166 Å². The van der Waals surface area contributed by atoms with Gasteiger partial charge in [0.1, 0.15) is 11.6 Å². The predicted molar refractivity (Wildman–Crippen MR) is 105 cm³/mol. The van der Waals surface area contributed by atoms with Crippen LogP contribution in [0.4, 0.5) is 26.4 Å². The van der Waals surface area contributed by atoms with Crippen molar-refractivity contribution in [3.8, 4) is 11.1 Å². The third kappa shape index (κ3) is 4.45. The van der Waals surface area contributed by atoms with Crippen molar-refractivity contribution in [2.45, 2.75) is 26.1 Å². The Morgan fingerprint density at radius 1 is 1.03 bits per heavy atom. The van der Waals surface area contributed by atoms with E-state index in [1.807, 2.05) is 18.7 Å². The molecule has 0 saturated carbocycles. The first-order valence-corrected chi connectivity index (χ1v) is 9.27. The molecule has 1 aromatic carbocycles. The van der Waals surface area contributed by atoms with Crippen LogP contribution >= 0.6 is 0 Å². The van der Waals surface area contributed by atoms with Crippen molar-refractivity contribution in [3.63, 3.8) is 0 Å². The molecule has 7 nitrogen and oxygen atoms in total. The Kier molecular flexibility index (Phi) is 5.30. The van der Waals surface area contributed by atoms with E-state index in [4.69, 9.17) is 4.74 Å². The minimum atomic E-state index is -0.664. The largest absolute Gasteiger partial charge is 0.372 e. The lowest BCUT2D eigenvalue weighted by Gasteiger charge is -2.35. The molecule has 2 aromatic heterocycles. The summed E-state index contributed by atoms with van der Waals surface area (Å²) in [4.78, 5) is 10.2. The van der Waals surface area contributed by atoms with E-state index in [0.717, 1.165) is 0 Å². The van der Waals surface area contributed by atoms with Gasteiger partial charge in [-0.25, -0.2) is 4.39 Å². The maximum absolute atomic E-state index is 14.1. The number of halogens is 2. The van der Waals surface area contributed by atoms with Crippen LogP contribution in [0, 0.1) is 11.8 Å². The smallest absolute Gasteiger partial charge is 0.230 e. The first kappa shape index (κ1) is 19.1.